The van der Waals surface area contributed by atoms with Crippen LogP contribution in [-0.2, 0) is 13.5 Å². The van der Waals surface area contributed by atoms with Crippen LogP contribution in [0.25, 0.3) is 0 Å². The summed E-state index contributed by atoms with van der Waals surface area (Å²) in [4.78, 5) is 3.24. The molecule has 0 saturated carbocycles. The standard InChI is InChI=1S/C11H20N2.HI/c1-9(2)6-5-7-11-8-12-10(3)13(11)4;/h8-9H,5-7H2,1-4H3;1H. The smallest absolute Gasteiger partial charge is 0.251 e. The highest BCUT2D eigenvalue weighted by atomic mass is 127. The zero-order chi connectivity index (χ0) is 9.84. The van der Waals surface area contributed by atoms with Gasteiger partial charge in [-0.1, -0.05) is 20.3 Å². The number of nitrogens with zero attached hydrogens (tertiary/aromatic N) is 1. The van der Waals surface area contributed by atoms with E-state index in [9.17, 15) is 0 Å². The maximum Gasteiger partial charge on any atom is 0.251 e. The van der Waals surface area contributed by atoms with Gasteiger partial charge < -0.3 is 24.0 Å². The summed E-state index contributed by atoms with van der Waals surface area (Å²) in [5.41, 5.74) is 1.41. The lowest BCUT2D eigenvalue weighted by molar-refractivity contribution is -0.683. The van der Waals surface area contributed by atoms with Crippen LogP contribution in [0.15, 0.2) is 6.20 Å². The number of aryl methyl sites for hydroxylation is 2. The van der Waals surface area contributed by atoms with Crippen molar-refractivity contribution >= 4 is 0 Å². The van der Waals surface area contributed by atoms with Gasteiger partial charge in [0.2, 0.25) is 0 Å². The monoisotopic (exact) mass is 308 g/mol. The highest BCUT2D eigenvalue weighted by molar-refractivity contribution is 4.90. The predicted molar refractivity (Wildman–Crippen MR) is 54.5 cm³/mol. The van der Waals surface area contributed by atoms with Gasteiger partial charge in [-0.3, -0.25) is 0 Å². The largest absolute Gasteiger partial charge is 1.00 e. The molecule has 0 aliphatic rings. The molecule has 0 radical (unpaired) electrons. The van der Waals surface area contributed by atoms with E-state index in [1.54, 1.807) is 0 Å². The Morgan fingerprint density at radius 2 is 2.07 bits per heavy atom. The summed E-state index contributed by atoms with van der Waals surface area (Å²) in [6.45, 7) is 6.66. The molecule has 1 N–H and O–H groups in total. The summed E-state index contributed by atoms with van der Waals surface area (Å²) in [6, 6.07) is 0. The molecule has 0 amide bonds. The molecule has 0 bridgehead atoms. The van der Waals surface area contributed by atoms with Gasteiger partial charge >= 0.3 is 0 Å². The number of hydrogen-bond acceptors (Lipinski definition) is 0. The van der Waals surface area contributed by atoms with Crippen LogP contribution in [0.5, 0.6) is 0 Å². The van der Waals surface area contributed by atoms with Crippen molar-refractivity contribution in [3.63, 3.8) is 0 Å². The molecule has 1 rings (SSSR count). The summed E-state index contributed by atoms with van der Waals surface area (Å²) in [5.74, 6) is 2.06. The van der Waals surface area contributed by atoms with Crippen molar-refractivity contribution in [2.45, 2.75) is 40.0 Å². The van der Waals surface area contributed by atoms with E-state index in [1.807, 2.05) is 0 Å². The van der Waals surface area contributed by atoms with E-state index in [2.05, 4.69) is 43.6 Å². The Morgan fingerprint density at radius 1 is 1.43 bits per heavy atom. The van der Waals surface area contributed by atoms with Crippen LogP contribution >= 0.6 is 0 Å². The van der Waals surface area contributed by atoms with Gasteiger partial charge in [-0.25, -0.2) is 9.55 Å². The summed E-state index contributed by atoms with van der Waals surface area (Å²) >= 11 is 0. The van der Waals surface area contributed by atoms with Gasteiger partial charge in [0.1, 0.15) is 11.9 Å². The fourth-order valence-electron chi connectivity index (χ4n) is 1.53. The van der Waals surface area contributed by atoms with Gasteiger partial charge in [0.05, 0.1) is 7.05 Å². The van der Waals surface area contributed by atoms with E-state index < -0.39 is 0 Å². The Morgan fingerprint density at radius 3 is 2.50 bits per heavy atom. The molecule has 0 unspecified atom stereocenters. The van der Waals surface area contributed by atoms with Gasteiger partial charge in [-0.05, 0) is 12.3 Å². The average Bonchev–Trinajstić information content (AvgIpc) is 2.35. The van der Waals surface area contributed by atoms with Crippen molar-refractivity contribution in [2.75, 3.05) is 0 Å². The van der Waals surface area contributed by atoms with Crippen LogP contribution < -0.4 is 28.5 Å². The topological polar surface area (TPSA) is 19.7 Å². The Balaban J connectivity index is 0.00000169. The van der Waals surface area contributed by atoms with Crippen LogP contribution in [0.4, 0.5) is 0 Å². The molecular formula is C11H21IN2. The minimum Gasteiger partial charge on any atom is -1.00 e. The Labute approximate surface area is 104 Å². The van der Waals surface area contributed by atoms with Crippen molar-refractivity contribution < 1.29 is 28.5 Å². The van der Waals surface area contributed by atoms with Gasteiger partial charge in [0.15, 0.2) is 0 Å². The Bertz CT molecular complexity index is 266. The third-order valence-electron chi connectivity index (χ3n) is 2.60. The second kappa shape index (κ2) is 6.43. The van der Waals surface area contributed by atoms with Gasteiger partial charge in [0, 0.05) is 13.3 Å². The van der Waals surface area contributed by atoms with Crippen molar-refractivity contribution in [3.8, 4) is 0 Å². The van der Waals surface area contributed by atoms with E-state index in [1.165, 1.54) is 30.8 Å². The molecule has 0 fully saturated rings. The number of rotatable bonds is 4. The van der Waals surface area contributed by atoms with E-state index in [4.69, 9.17) is 0 Å². The maximum absolute atomic E-state index is 3.24. The maximum atomic E-state index is 3.24. The lowest BCUT2D eigenvalue weighted by Gasteiger charge is -2.02. The third-order valence-corrected chi connectivity index (χ3v) is 2.60. The molecule has 0 aliphatic carbocycles. The van der Waals surface area contributed by atoms with Crippen LogP contribution in [0.2, 0.25) is 0 Å². The molecule has 0 spiro atoms. The van der Waals surface area contributed by atoms with E-state index in [0.717, 1.165) is 5.92 Å². The fraction of sp³-hybridized carbons (Fsp3) is 0.727. The molecule has 0 atom stereocenters. The zero-order valence-electron chi connectivity index (χ0n) is 9.60. The quantitative estimate of drug-likeness (QED) is 0.551. The highest BCUT2D eigenvalue weighted by Crippen LogP contribution is 2.07. The van der Waals surface area contributed by atoms with Crippen LogP contribution in [0.3, 0.4) is 0 Å². The molecule has 1 aromatic rings. The predicted octanol–water partition coefficient (Wildman–Crippen LogP) is -0.870. The molecule has 0 aromatic carbocycles. The van der Waals surface area contributed by atoms with Crippen molar-refractivity contribution in [2.24, 2.45) is 13.0 Å². The molecule has 1 aromatic heterocycles. The van der Waals surface area contributed by atoms with Crippen molar-refractivity contribution in [1.29, 1.82) is 0 Å². The normalized spacial score (nSPS) is 10.4. The summed E-state index contributed by atoms with van der Waals surface area (Å²) in [6.07, 6.45) is 5.93. The molecule has 3 heteroatoms. The van der Waals surface area contributed by atoms with E-state index in [-0.39, 0.29) is 24.0 Å². The summed E-state index contributed by atoms with van der Waals surface area (Å²) in [7, 11) is 2.12. The summed E-state index contributed by atoms with van der Waals surface area (Å²) < 4.78 is 2.24. The zero-order valence-corrected chi connectivity index (χ0v) is 11.8. The van der Waals surface area contributed by atoms with E-state index >= 15 is 0 Å². The molecule has 82 valence electrons. The second-order valence-corrected chi connectivity index (χ2v) is 4.21. The SMILES string of the molecule is Cc1[nH]cc(CCCC(C)C)[n+]1C.[I-]. The van der Waals surface area contributed by atoms with Crippen molar-refractivity contribution in [3.05, 3.63) is 17.7 Å². The minimum atomic E-state index is 0. The lowest BCUT2D eigenvalue weighted by Crippen LogP contribution is -3.00. The number of H-pyrrole nitrogens is 1. The fourth-order valence-corrected chi connectivity index (χ4v) is 1.53. The first-order valence-corrected chi connectivity index (χ1v) is 5.14. The molecule has 2 nitrogen and oxygen atoms in total. The summed E-state index contributed by atoms with van der Waals surface area (Å²) in [5, 5.41) is 0. The highest BCUT2D eigenvalue weighted by Gasteiger charge is 2.09. The number of aromatic amines is 1. The number of halogens is 1. The third kappa shape index (κ3) is 3.98. The first-order valence-electron chi connectivity index (χ1n) is 5.14. The first kappa shape index (κ1) is 13.9. The van der Waals surface area contributed by atoms with Gasteiger partial charge in [0.25, 0.3) is 5.82 Å². The first-order chi connectivity index (χ1) is 6.11. The number of hydrogen-bond donors (Lipinski definition) is 1. The van der Waals surface area contributed by atoms with Crippen LogP contribution in [0, 0.1) is 12.8 Å². The van der Waals surface area contributed by atoms with Gasteiger partial charge in [-0.2, -0.15) is 0 Å². The lowest BCUT2D eigenvalue weighted by atomic mass is 10.1. The van der Waals surface area contributed by atoms with Crippen molar-refractivity contribution in [1.82, 2.24) is 4.98 Å². The molecule has 0 aliphatic heterocycles. The van der Waals surface area contributed by atoms with Gasteiger partial charge in [-0.15, -0.1) is 0 Å². The number of nitrogens with one attached hydrogen (secondary N) is 1. The second-order valence-electron chi connectivity index (χ2n) is 4.21. The molecule has 0 saturated heterocycles. The van der Waals surface area contributed by atoms with Crippen LogP contribution in [0.1, 0.15) is 38.2 Å². The molecular weight excluding hydrogens is 287 g/mol. The molecule has 1 heterocycles. The number of aromatic nitrogens is 2. The minimum absolute atomic E-state index is 0. The number of imidazole rings is 1. The average molecular weight is 308 g/mol. The van der Waals surface area contributed by atoms with E-state index in [0.29, 0.717) is 0 Å². The molecule has 14 heavy (non-hydrogen) atoms. The Hall–Kier alpha value is -0.0600. The Kier molecular flexibility index (Phi) is 6.40. The van der Waals surface area contributed by atoms with Crippen LogP contribution in [-0.4, -0.2) is 4.98 Å².